The Morgan fingerprint density at radius 1 is 1.09 bits per heavy atom. The van der Waals surface area contributed by atoms with Gasteiger partial charge in [-0.1, -0.05) is 36.1 Å². The molecule has 2 aromatic carbocycles. The highest BCUT2D eigenvalue weighted by atomic mass is 32.2. The highest BCUT2D eigenvalue weighted by Crippen LogP contribution is 2.42. The summed E-state index contributed by atoms with van der Waals surface area (Å²) in [6.07, 6.45) is 1.52. The number of rotatable bonds is 5. The van der Waals surface area contributed by atoms with Gasteiger partial charge in [0.25, 0.3) is 0 Å². The Morgan fingerprint density at radius 3 is 2.47 bits per heavy atom. The summed E-state index contributed by atoms with van der Waals surface area (Å²) in [6, 6.07) is 13.4. The maximum absolute atomic E-state index is 14.4. The minimum atomic E-state index is -3.96. The van der Waals surface area contributed by atoms with Crippen LogP contribution in [0.25, 0.3) is 0 Å². The molecule has 6 nitrogen and oxygen atoms in total. The molecule has 2 aromatic rings. The molecule has 2 heterocycles. The van der Waals surface area contributed by atoms with E-state index in [4.69, 9.17) is 0 Å². The zero-order chi connectivity index (χ0) is 24.3. The molecule has 34 heavy (non-hydrogen) atoms. The molecular weight excluding hydrogens is 453 g/mol. The maximum atomic E-state index is 14.4. The molecule has 1 N–H and O–H groups in total. The molecule has 0 saturated carbocycles. The molecule has 3 atom stereocenters. The van der Waals surface area contributed by atoms with Gasteiger partial charge < -0.3 is 5.11 Å². The molecule has 0 bridgehead atoms. The second-order valence-corrected chi connectivity index (χ2v) is 11.1. The summed E-state index contributed by atoms with van der Waals surface area (Å²) in [7, 11) is -0.0176. The van der Waals surface area contributed by atoms with Crippen molar-refractivity contribution in [2.45, 2.75) is 35.7 Å². The minimum absolute atomic E-state index is 0.00558. The summed E-state index contributed by atoms with van der Waals surface area (Å²) >= 11 is 0. The zero-order valence-electron chi connectivity index (χ0n) is 19.7. The molecule has 182 valence electrons. The van der Waals surface area contributed by atoms with Gasteiger partial charge in [-0.15, -0.1) is 0 Å². The third kappa shape index (κ3) is 5.04. The Hall–Kier alpha value is -2.28. The molecule has 0 radical (unpaired) electrons. The van der Waals surface area contributed by atoms with Crippen LogP contribution in [0.2, 0.25) is 0 Å². The average Bonchev–Trinajstić information content (AvgIpc) is 2.78. The van der Waals surface area contributed by atoms with E-state index in [1.807, 2.05) is 43.3 Å². The van der Waals surface area contributed by atoms with Crippen LogP contribution in [-0.2, 0) is 10.0 Å². The van der Waals surface area contributed by atoms with Crippen molar-refractivity contribution >= 4 is 10.0 Å². The van der Waals surface area contributed by atoms with E-state index >= 15 is 0 Å². The lowest BCUT2D eigenvalue weighted by Gasteiger charge is -2.57. The standard InChI is InChI=1S/C26H32FN3O3S/c1-28(2)15-7-8-20-11-13-21(14-12-20)26-23-18-29(16-5-6-17-30(23)24(26)19-31)34(32,33)25-10-4-3-9-22(25)27/h3-4,9-14,23-24,26,31H,5-6,15-19H2,1-2H3/t23-,24+,26+/m1/s1. The van der Waals surface area contributed by atoms with E-state index in [0.29, 0.717) is 19.5 Å². The van der Waals surface area contributed by atoms with Crippen molar-refractivity contribution in [2.24, 2.45) is 0 Å². The van der Waals surface area contributed by atoms with Gasteiger partial charge in [0.15, 0.2) is 0 Å². The first-order chi connectivity index (χ1) is 16.3. The number of hydrogen-bond acceptors (Lipinski definition) is 5. The normalized spacial score (nSPS) is 23.9. The quantitative estimate of drug-likeness (QED) is 0.659. The number of sulfonamides is 1. The smallest absolute Gasteiger partial charge is 0.246 e. The Balaban J connectivity index is 1.59. The van der Waals surface area contributed by atoms with Crippen LogP contribution in [0.3, 0.4) is 0 Å². The van der Waals surface area contributed by atoms with Gasteiger partial charge in [-0.2, -0.15) is 4.31 Å². The van der Waals surface area contributed by atoms with Gasteiger partial charge in [-0.05, 0) is 63.3 Å². The molecule has 0 amide bonds. The molecule has 0 aromatic heterocycles. The summed E-state index contributed by atoms with van der Waals surface area (Å²) in [5, 5.41) is 10.1. The highest BCUT2D eigenvalue weighted by Gasteiger charge is 2.50. The van der Waals surface area contributed by atoms with E-state index in [0.717, 1.165) is 24.1 Å². The molecule has 2 aliphatic rings. The molecule has 0 spiro atoms. The summed E-state index contributed by atoms with van der Waals surface area (Å²) in [5.41, 5.74) is 1.98. The Labute approximate surface area is 202 Å². The van der Waals surface area contributed by atoms with Crippen LogP contribution in [-0.4, -0.2) is 86.6 Å². The zero-order valence-corrected chi connectivity index (χ0v) is 20.5. The molecular formula is C26H32FN3O3S. The minimum Gasteiger partial charge on any atom is -0.395 e. The number of fused-ring (bicyclic) bond motifs is 1. The lowest BCUT2D eigenvalue weighted by atomic mass is 9.74. The predicted octanol–water partition coefficient (Wildman–Crippen LogP) is 2.35. The monoisotopic (exact) mass is 485 g/mol. The molecule has 8 heteroatoms. The van der Waals surface area contributed by atoms with Crippen LogP contribution in [0.5, 0.6) is 0 Å². The van der Waals surface area contributed by atoms with Crippen LogP contribution in [0.4, 0.5) is 4.39 Å². The van der Waals surface area contributed by atoms with E-state index in [9.17, 15) is 17.9 Å². The predicted molar refractivity (Wildman–Crippen MR) is 130 cm³/mol. The lowest BCUT2D eigenvalue weighted by molar-refractivity contribution is -0.0554. The number of hydrogen-bond donors (Lipinski definition) is 1. The van der Waals surface area contributed by atoms with Gasteiger partial charge in [0.05, 0.1) is 13.2 Å². The summed E-state index contributed by atoms with van der Waals surface area (Å²) in [5.74, 6) is 5.54. The summed E-state index contributed by atoms with van der Waals surface area (Å²) < 4.78 is 42.5. The lowest BCUT2D eigenvalue weighted by Crippen LogP contribution is -2.67. The van der Waals surface area contributed by atoms with E-state index in [-0.39, 0.29) is 36.0 Å². The van der Waals surface area contributed by atoms with Crippen LogP contribution in [0.15, 0.2) is 53.4 Å². The van der Waals surface area contributed by atoms with Crippen LogP contribution in [0.1, 0.15) is 29.9 Å². The van der Waals surface area contributed by atoms with E-state index in [1.165, 1.54) is 22.5 Å². The molecule has 2 saturated heterocycles. The van der Waals surface area contributed by atoms with Crippen molar-refractivity contribution in [3.05, 3.63) is 65.5 Å². The first kappa shape index (κ1) is 24.8. The topological polar surface area (TPSA) is 64.1 Å². The summed E-state index contributed by atoms with van der Waals surface area (Å²) in [6.45, 7) is 2.13. The van der Waals surface area contributed by atoms with E-state index in [2.05, 4.69) is 16.7 Å². The van der Waals surface area contributed by atoms with Crippen LogP contribution < -0.4 is 0 Å². The van der Waals surface area contributed by atoms with Gasteiger partial charge in [0, 0.05) is 36.7 Å². The van der Waals surface area contributed by atoms with Gasteiger partial charge in [-0.25, -0.2) is 12.8 Å². The van der Waals surface area contributed by atoms with Gasteiger partial charge in [0.2, 0.25) is 10.0 Å². The third-order valence-corrected chi connectivity index (χ3v) is 8.61. The van der Waals surface area contributed by atoms with Crippen molar-refractivity contribution in [1.82, 2.24) is 14.1 Å². The second kappa shape index (κ2) is 10.5. The van der Waals surface area contributed by atoms with Crippen molar-refractivity contribution in [3.8, 4) is 11.8 Å². The Kier molecular flexibility index (Phi) is 7.70. The molecule has 2 fully saturated rings. The van der Waals surface area contributed by atoms with E-state index in [1.54, 1.807) is 6.07 Å². The number of aliphatic hydroxyl groups is 1. The average molecular weight is 486 g/mol. The number of benzene rings is 2. The molecule has 0 unspecified atom stereocenters. The fraction of sp³-hybridized carbons (Fsp3) is 0.462. The highest BCUT2D eigenvalue weighted by molar-refractivity contribution is 7.89. The number of nitrogens with zero attached hydrogens (tertiary/aromatic N) is 3. The van der Waals surface area contributed by atoms with Gasteiger partial charge in [0.1, 0.15) is 10.7 Å². The SMILES string of the molecule is CN(C)CC#Cc1ccc([C@H]2[C@H]3CN(S(=O)(=O)c4ccccc4F)CCCCN3[C@H]2CO)cc1. The Bertz CT molecular complexity index is 1160. The fourth-order valence-corrected chi connectivity index (χ4v) is 6.57. The largest absolute Gasteiger partial charge is 0.395 e. The molecule has 4 rings (SSSR count). The first-order valence-corrected chi connectivity index (χ1v) is 13.1. The summed E-state index contributed by atoms with van der Waals surface area (Å²) in [4.78, 5) is 3.93. The second-order valence-electron chi connectivity index (χ2n) is 9.24. The van der Waals surface area contributed by atoms with Crippen LogP contribution >= 0.6 is 0 Å². The first-order valence-electron chi connectivity index (χ1n) is 11.7. The van der Waals surface area contributed by atoms with Crippen molar-refractivity contribution in [2.75, 3.05) is 46.9 Å². The van der Waals surface area contributed by atoms with Crippen LogP contribution in [0, 0.1) is 17.7 Å². The van der Waals surface area contributed by atoms with E-state index < -0.39 is 15.8 Å². The number of halogens is 1. The number of aliphatic hydroxyl groups excluding tert-OH is 1. The third-order valence-electron chi connectivity index (χ3n) is 6.71. The van der Waals surface area contributed by atoms with Gasteiger partial charge in [-0.3, -0.25) is 9.80 Å². The molecule has 2 aliphatic heterocycles. The van der Waals surface area contributed by atoms with Crippen molar-refractivity contribution in [3.63, 3.8) is 0 Å². The van der Waals surface area contributed by atoms with Crippen molar-refractivity contribution < 1.29 is 17.9 Å². The van der Waals surface area contributed by atoms with Crippen molar-refractivity contribution in [1.29, 1.82) is 0 Å². The molecule has 0 aliphatic carbocycles. The fourth-order valence-electron chi connectivity index (χ4n) is 5.01. The maximum Gasteiger partial charge on any atom is 0.246 e. The van der Waals surface area contributed by atoms with Gasteiger partial charge >= 0.3 is 0 Å². The Morgan fingerprint density at radius 2 is 1.79 bits per heavy atom.